The summed E-state index contributed by atoms with van der Waals surface area (Å²) in [6, 6.07) is 0.167. The smallest absolute Gasteiger partial charge is 0.226 e. The summed E-state index contributed by atoms with van der Waals surface area (Å²) in [5, 5.41) is 1.51. The summed E-state index contributed by atoms with van der Waals surface area (Å²) in [5.41, 5.74) is 1.25. The Labute approximate surface area is 143 Å². The summed E-state index contributed by atoms with van der Waals surface area (Å²) in [4.78, 5) is 25.5. The molecule has 122 valence electrons. The lowest BCUT2D eigenvalue weighted by Crippen LogP contribution is -2.50. The SMILES string of the molecule is C[C@H]1COCCN1C(=O)[C@H]1CCc2c(sc3ncnc(Cl)c23)C1. The number of aromatic nitrogens is 2. The van der Waals surface area contributed by atoms with Crippen LogP contribution < -0.4 is 0 Å². The molecule has 23 heavy (non-hydrogen) atoms. The van der Waals surface area contributed by atoms with Gasteiger partial charge in [-0.25, -0.2) is 9.97 Å². The summed E-state index contributed by atoms with van der Waals surface area (Å²) in [6.07, 6.45) is 4.03. The highest BCUT2D eigenvalue weighted by Crippen LogP contribution is 2.40. The van der Waals surface area contributed by atoms with E-state index in [4.69, 9.17) is 16.3 Å². The number of hydrogen-bond acceptors (Lipinski definition) is 5. The van der Waals surface area contributed by atoms with Crippen molar-refractivity contribution in [2.24, 2.45) is 5.92 Å². The number of ether oxygens (including phenoxy) is 1. The summed E-state index contributed by atoms with van der Waals surface area (Å²) < 4.78 is 5.44. The Kier molecular flexibility index (Phi) is 3.99. The first-order valence-corrected chi connectivity index (χ1v) is 9.13. The molecule has 2 aliphatic rings. The fourth-order valence-electron chi connectivity index (χ4n) is 3.57. The molecule has 1 aliphatic carbocycles. The van der Waals surface area contributed by atoms with Gasteiger partial charge in [-0.2, -0.15) is 0 Å². The van der Waals surface area contributed by atoms with Crippen molar-refractivity contribution in [2.45, 2.75) is 32.2 Å². The van der Waals surface area contributed by atoms with E-state index in [2.05, 4.69) is 16.9 Å². The van der Waals surface area contributed by atoms with E-state index in [1.807, 2.05) is 4.90 Å². The highest BCUT2D eigenvalue weighted by Gasteiger charge is 2.33. The van der Waals surface area contributed by atoms with Gasteiger partial charge in [0.15, 0.2) is 0 Å². The van der Waals surface area contributed by atoms with Crippen LogP contribution in [0, 0.1) is 5.92 Å². The molecule has 1 amide bonds. The Hall–Kier alpha value is -1.24. The average Bonchev–Trinajstić information content (AvgIpc) is 2.93. The largest absolute Gasteiger partial charge is 0.377 e. The summed E-state index contributed by atoms with van der Waals surface area (Å²) >= 11 is 7.89. The molecule has 0 spiro atoms. The van der Waals surface area contributed by atoms with E-state index >= 15 is 0 Å². The number of carbonyl (C=O) groups excluding carboxylic acids is 1. The third-order valence-corrected chi connectivity index (χ3v) is 6.25. The van der Waals surface area contributed by atoms with Crippen molar-refractivity contribution < 1.29 is 9.53 Å². The molecule has 5 nitrogen and oxygen atoms in total. The Morgan fingerprint density at radius 1 is 1.48 bits per heavy atom. The lowest BCUT2D eigenvalue weighted by atomic mass is 9.86. The molecule has 0 aromatic carbocycles. The van der Waals surface area contributed by atoms with Gasteiger partial charge in [-0.15, -0.1) is 11.3 Å². The molecule has 0 saturated carbocycles. The van der Waals surface area contributed by atoms with Crippen LogP contribution in [0.2, 0.25) is 5.15 Å². The number of fused-ring (bicyclic) bond motifs is 3. The number of hydrogen-bond donors (Lipinski definition) is 0. The van der Waals surface area contributed by atoms with Gasteiger partial charge in [0, 0.05) is 17.3 Å². The second-order valence-electron chi connectivity index (χ2n) is 6.24. The van der Waals surface area contributed by atoms with E-state index in [1.165, 1.54) is 16.8 Å². The van der Waals surface area contributed by atoms with Crippen molar-refractivity contribution >= 4 is 39.1 Å². The van der Waals surface area contributed by atoms with E-state index in [-0.39, 0.29) is 17.9 Å². The second-order valence-corrected chi connectivity index (χ2v) is 7.69. The van der Waals surface area contributed by atoms with Crippen LogP contribution in [0.25, 0.3) is 10.2 Å². The molecule has 1 saturated heterocycles. The lowest BCUT2D eigenvalue weighted by Gasteiger charge is -2.36. The number of aryl methyl sites for hydroxylation is 1. The summed E-state index contributed by atoms with van der Waals surface area (Å²) in [6.45, 7) is 4.03. The minimum absolute atomic E-state index is 0.0582. The zero-order chi connectivity index (χ0) is 16.0. The van der Waals surface area contributed by atoms with Gasteiger partial charge in [-0.3, -0.25) is 4.79 Å². The van der Waals surface area contributed by atoms with Gasteiger partial charge in [0.1, 0.15) is 16.3 Å². The maximum atomic E-state index is 12.9. The van der Waals surface area contributed by atoms with E-state index < -0.39 is 0 Å². The van der Waals surface area contributed by atoms with Gasteiger partial charge in [0.05, 0.1) is 24.6 Å². The number of rotatable bonds is 1. The highest BCUT2D eigenvalue weighted by molar-refractivity contribution is 7.19. The fraction of sp³-hybridized carbons (Fsp3) is 0.562. The molecule has 4 rings (SSSR count). The van der Waals surface area contributed by atoms with Gasteiger partial charge < -0.3 is 9.64 Å². The third-order valence-electron chi connectivity index (χ3n) is 4.80. The normalized spacial score (nSPS) is 24.7. The van der Waals surface area contributed by atoms with Crippen molar-refractivity contribution in [3.8, 4) is 0 Å². The second kappa shape index (κ2) is 6.00. The van der Waals surface area contributed by atoms with Gasteiger partial charge in [-0.05, 0) is 31.7 Å². The molecule has 0 unspecified atom stereocenters. The van der Waals surface area contributed by atoms with Gasteiger partial charge in [0.25, 0.3) is 0 Å². The minimum Gasteiger partial charge on any atom is -0.377 e. The monoisotopic (exact) mass is 351 g/mol. The van der Waals surface area contributed by atoms with Crippen LogP contribution in [-0.2, 0) is 22.4 Å². The molecule has 0 bridgehead atoms. The molecular formula is C16H18ClN3O2S. The highest BCUT2D eigenvalue weighted by atomic mass is 35.5. The van der Waals surface area contributed by atoms with Crippen LogP contribution in [0.3, 0.4) is 0 Å². The van der Waals surface area contributed by atoms with Crippen molar-refractivity contribution in [1.29, 1.82) is 0 Å². The first kappa shape index (κ1) is 15.3. The van der Waals surface area contributed by atoms with Crippen LogP contribution in [-0.4, -0.2) is 46.6 Å². The zero-order valence-corrected chi connectivity index (χ0v) is 14.5. The molecule has 1 fully saturated rings. The Morgan fingerprint density at radius 2 is 2.35 bits per heavy atom. The molecule has 2 atom stereocenters. The van der Waals surface area contributed by atoms with Gasteiger partial charge >= 0.3 is 0 Å². The fourth-order valence-corrected chi connectivity index (χ4v) is 5.14. The average molecular weight is 352 g/mol. The molecule has 1 aliphatic heterocycles. The van der Waals surface area contributed by atoms with Gasteiger partial charge in [-0.1, -0.05) is 11.6 Å². The third kappa shape index (κ3) is 2.62. The predicted molar refractivity (Wildman–Crippen MR) is 89.9 cm³/mol. The summed E-state index contributed by atoms with van der Waals surface area (Å²) in [7, 11) is 0. The molecule has 3 heterocycles. The summed E-state index contributed by atoms with van der Waals surface area (Å²) in [5.74, 6) is 0.323. The molecular weight excluding hydrogens is 334 g/mol. The number of carbonyl (C=O) groups is 1. The maximum absolute atomic E-state index is 12.9. The van der Waals surface area contributed by atoms with Crippen LogP contribution >= 0.6 is 22.9 Å². The minimum atomic E-state index is 0.0582. The number of morpholine rings is 1. The molecule has 2 aromatic rings. The van der Waals surface area contributed by atoms with Crippen molar-refractivity contribution in [3.05, 3.63) is 21.9 Å². The maximum Gasteiger partial charge on any atom is 0.226 e. The number of thiophene rings is 1. The molecule has 0 radical (unpaired) electrons. The van der Waals surface area contributed by atoms with E-state index in [0.29, 0.717) is 24.9 Å². The quantitative estimate of drug-likeness (QED) is 0.741. The van der Waals surface area contributed by atoms with Crippen LogP contribution in [0.1, 0.15) is 23.8 Å². The van der Waals surface area contributed by atoms with Crippen LogP contribution in [0.15, 0.2) is 6.33 Å². The Morgan fingerprint density at radius 3 is 3.17 bits per heavy atom. The van der Waals surface area contributed by atoms with E-state index in [9.17, 15) is 4.79 Å². The lowest BCUT2D eigenvalue weighted by molar-refractivity contribution is -0.143. The predicted octanol–water partition coefficient (Wildman–Crippen LogP) is 2.70. The molecule has 7 heteroatoms. The Balaban J connectivity index is 1.60. The number of nitrogens with zero attached hydrogens (tertiary/aromatic N) is 3. The van der Waals surface area contributed by atoms with Crippen LogP contribution in [0.5, 0.6) is 0 Å². The Bertz CT molecular complexity index is 763. The van der Waals surface area contributed by atoms with Crippen molar-refractivity contribution in [1.82, 2.24) is 14.9 Å². The van der Waals surface area contributed by atoms with E-state index in [1.54, 1.807) is 11.3 Å². The van der Waals surface area contributed by atoms with Crippen molar-refractivity contribution in [2.75, 3.05) is 19.8 Å². The molecule has 0 N–H and O–H groups in total. The molecule has 2 aromatic heterocycles. The first-order valence-electron chi connectivity index (χ1n) is 7.94. The van der Waals surface area contributed by atoms with Crippen LogP contribution in [0.4, 0.5) is 0 Å². The number of halogens is 1. The van der Waals surface area contributed by atoms with Crippen molar-refractivity contribution in [3.63, 3.8) is 0 Å². The number of amides is 1. The zero-order valence-electron chi connectivity index (χ0n) is 12.9. The van der Waals surface area contributed by atoms with E-state index in [0.717, 1.165) is 29.5 Å². The standard InChI is InChI=1S/C16H18ClN3O2S/c1-9-7-22-5-4-20(9)16(21)10-2-3-11-12(6-10)23-15-13(11)14(17)18-8-19-15/h8-10H,2-7H2,1H3/t9-,10-/m0/s1. The van der Waals surface area contributed by atoms with Gasteiger partial charge in [0.2, 0.25) is 5.91 Å². The first-order chi connectivity index (χ1) is 11.1. The topological polar surface area (TPSA) is 55.3 Å².